The maximum absolute atomic E-state index is 12.0. The number of rotatable bonds is 5. The van der Waals surface area contributed by atoms with E-state index in [4.69, 9.17) is 9.47 Å². The van der Waals surface area contributed by atoms with Gasteiger partial charge in [0.05, 0.1) is 24.3 Å². The van der Waals surface area contributed by atoms with Gasteiger partial charge in [-0.25, -0.2) is 9.59 Å². The van der Waals surface area contributed by atoms with E-state index in [0.29, 0.717) is 24.3 Å². The predicted octanol–water partition coefficient (Wildman–Crippen LogP) is 3.70. The van der Waals surface area contributed by atoms with Crippen LogP contribution in [0.4, 0.5) is 0 Å². The van der Waals surface area contributed by atoms with Gasteiger partial charge in [-0.15, -0.1) is 0 Å². The normalized spacial score (nSPS) is 11.3. The summed E-state index contributed by atoms with van der Waals surface area (Å²) in [5.41, 5.74) is 0.628. The molecule has 21 heavy (non-hydrogen) atoms. The van der Waals surface area contributed by atoms with E-state index in [0.717, 1.165) is 0 Å². The van der Waals surface area contributed by atoms with Crippen molar-refractivity contribution in [2.75, 3.05) is 13.2 Å². The molecule has 0 aliphatic rings. The van der Waals surface area contributed by atoms with E-state index in [2.05, 4.69) is 0 Å². The van der Waals surface area contributed by atoms with Crippen LogP contribution in [0.3, 0.4) is 0 Å². The number of hydrogen-bond donors (Lipinski definition) is 0. The van der Waals surface area contributed by atoms with Crippen molar-refractivity contribution in [1.82, 2.24) is 0 Å². The lowest BCUT2D eigenvalue weighted by molar-refractivity contribution is 0.0367. The Hall–Kier alpha value is -1.84. The minimum Gasteiger partial charge on any atom is -0.462 e. The molecule has 0 spiro atoms. The summed E-state index contributed by atoms with van der Waals surface area (Å²) in [7, 11) is 0. The van der Waals surface area contributed by atoms with Gasteiger partial charge in [0.15, 0.2) is 0 Å². The fourth-order valence-corrected chi connectivity index (χ4v) is 1.46. The van der Waals surface area contributed by atoms with Crippen molar-refractivity contribution in [3.8, 4) is 0 Å². The molecule has 0 N–H and O–H groups in total. The molecule has 0 aliphatic heterocycles. The maximum atomic E-state index is 12.0. The summed E-state index contributed by atoms with van der Waals surface area (Å²) in [4.78, 5) is 23.8. The lowest BCUT2D eigenvalue weighted by Crippen LogP contribution is -2.18. The molecule has 1 aromatic rings. The minimum atomic E-state index is -0.427. The molecule has 0 heterocycles. The average Bonchev–Trinajstić information content (AvgIpc) is 2.41. The molecule has 0 saturated heterocycles. The van der Waals surface area contributed by atoms with Crippen molar-refractivity contribution in [2.45, 2.75) is 34.6 Å². The highest BCUT2D eigenvalue weighted by Crippen LogP contribution is 2.15. The van der Waals surface area contributed by atoms with Crippen LogP contribution >= 0.6 is 0 Å². The van der Waals surface area contributed by atoms with Gasteiger partial charge in [0.25, 0.3) is 0 Å². The molecular formula is C17H24O4. The Kier molecular flexibility index (Phi) is 5.94. The number of ether oxygens (including phenoxy) is 2. The summed E-state index contributed by atoms with van der Waals surface area (Å²) >= 11 is 0. The first kappa shape index (κ1) is 17.2. The van der Waals surface area contributed by atoms with E-state index >= 15 is 0 Å². The van der Waals surface area contributed by atoms with E-state index in [1.165, 1.54) is 6.07 Å². The van der Waals surface area contributed by atoms with Gasteiger partial charge in [-0.1, -0.05) is 40.7 Å². The standard InChI is InChI=1S/C17H24O4/c1-12(2)10-20-15(18)13-7-6-8-14(9-13)16(19)21-11-17(3,4)5/h6-9,12H,10-11H2,1-5H3. The molecule has 4 heteroatoms. The first-order chi connectivity index (χ1) is 9.69. The lowest BCUT2D eigenvalue weighted by atomic mass is 9.99. The highest BCUT2D eigenvalue weighted by atomic mass is 16.5. The van der Waals surface area contributed by atoms with Crippen LogP contribution < -0.4 is 0 Å². The maximum Gasteiger partial charge on any atom is 0.338 e. The van der Waals surface area contributed by atoms with Crippen LogP contribution in [0.5, 0.6) is 0 Å². The van der Waals surface area contributed by atoms with Gasteiger partial charge < -0.3 is 9.47 Å². The average molecular weight is 292 g/mol. The number of esters is 2. The van der Waals surface area contributed by atoms with Crippen molar-refractivity contribution < 1.29 is 19.1 Å². The Labute approximate surface area is 126 Å². The van der Waals surface area contributed by atoms with Gasteiger partial charge in [-0.05, 0) is 29.5 Å². The van der Waals surface area contributed by atoms with Gasteiger partial charge >= 0.3 is 11.9 Å². The third kappa shape index (κ3) is 6.43. The molecule has 1 aromatic carbocycles. The number of hydrogen-bond acceptors (Lipinski definition) is 4. The van der Waals surface area contributed by atoms with Crippen LogP contribution in [0, 0.1) is 11.3 Å². The van der Waals surface area contributed by atoms with Gasteiger partial charge in [0, 0.05) is 0 Å². The Morgan fingerprint density at radius 3 is 2.05 bits per heavy atom. The van der Waals surface area contributed by atoms with Crippen LogP contribution in [0.1, 0.15) is 55.3 Å². The molecule has 0 unspecified atom stereocenters. The van der Waals surface area contributed by atoms with E-state index in [1.807, 2.05) is 34.6 Å². The zero-order chi connectivity index (χ0) is 16.0. The van der Waals surface area contributed by atoms with Crippen molar-refractivity contribution >= 4 is 11.9 Å². The molecular weight excluding hydrogens is 268 g/mol. The number of carbonyl (C=O) groups excluding carboxylic acids is 2. The first-order valence-electron chi connectivity index (χ1n) is 7.13. The van der Waals surface area contributed by atoms with Crippen molar-refractivity contribution in [3.05, 3.63) is 35.4 Å². The third-order valence-electron chi connectivity index (χ3n) is 2.52. The molecule has 0 aromatic heterocycles. The zero-order valence-electron chi connectivity index (χ0n) is 13.4. The molecule has 0 bridgehead atoms. The van der Waals surface area contributed by atoms with Gasteiger partial charge in [-0.2, -0.15) is 0 Å². The van der Waals surface area contributed by atoms with E-state index in [9.17, 15) is 9.59 Å². The largest absolute Gasteiger partial charge is 0.462 e. The van der Waals surface area contributed by atoms with E-state index in [1.54, 1.807) is 18.2 Å². The molecule has 0 fully saturated rings. The monoisotopic (exact) mass is 292 g/mol. The summed E-state index contributed by atoms with van der Waals surface area (Å²) in [5, 5.41) is 0. The zero-order valence-corrected chi connectivity index (χ0v) is 13.4. The number of carbonyl (C=O) groups is 2. The summed E-state index contributed by atoms with van der Waals surface area (Å²) in [6.07, 6.45) is 0. The SMILES string of the molecule is CC(C)COC(=O)c1cccc(C(=O)OCC(C)(C)C)c1. The molecule has 116 valence electrons. The Balaban J connectivity index is 2.71. The summed E-state index contributed by atoms with van der Waals surface area (Å²) in [5.74, 6) is -0.577. The summed E-state index contributed by atoms with van der Waals surface area (Å²) in [6, 6.07) is 6.42. The van der Waals surface area contributed by atoms with Gasteiger partial charge in [0.1, 0.15) is 0 Å². The topological polar surface area (TPSA) is 52.6 Å². The van der Waals surface area contributed by atoms with Gasteiger partial charge in [-0.3, -0.25) is 0 Å². The third-order valence-corrected chi connectivity index (χ3v) is 2.52. The van der Waals surface area contributed by atoms with E-state index < -0.39 is 11.9 Å². The highest BCUT2D eigenvalue weighted by Gasteiger charge is 2.16. The smallest absolute Gasteiger partial charge is 0.338 e. The fraction of sp³-hybridized carbons (Fsp3) is 0.529. The Morgan fingerprint density at radius 2 is 1.57 bits per heavy atom. The Morgan fingerprint density at radius 1 is 1.05 bits per heavy atom. The molecule has 0 radical (unpaired) electrons. The second-order valence-corrected chi connectivity index (χ2v) is 6.71. The molecule has 4 nitrogen and oxygen atoms in total. The van der Waals surface area contributed by atoms with Crippen molar-refractivity contribution in [1.29, 1.82) is 0 Å². The minimum absolute atomic E-state index is 0.0938. The quantitative estimate of drug-likeness (QED) is 0.776. The predicted molar refractivity (Wildman–Crippen MR) is 81.3 cm³/mol. The fourth-order valence-electron chi connectivity index (χ4n) is 1.46. The van der Waals surface area contributed by atoms with Crippen LogP contribution in [0.15, 0.2) is 24.3 Å². The van der Waals surface area contributed by atoms with Crippen LogP contribution in [0.2, 0.25) is 0 Å². The van der Waals surface area contributed by atoms with Crippen molar-refractivity contribution in [2.24, 2.45) is 11.3 Å². The summed E-state index contributed by atoms with van der Waals surface area (Å²) < 4.78 is 10.4. The van der Waals surface area contributed by atoms with Crippen LogP contribution in [-0.4, -0.2) is 25.2 Å². The van der Waals surface area contributed by atoms with Crippen LogP contribution in [-0.2, 0) is 9.47 Å². The summed E-state index contributed by atoms with van der Waals surface area (Å²) in [6.45, 7) is 10.6. The molecule has 0 amide bonds. The Bertz CT molecular complexity index is 498. The number of benzene rings is 1. The lowest BCUT2D eigenvalue weighted by Gasteiger charge is -2.17. The molecule has 0 atom stereocenters. The van der Waals surface area contributed by atoms with E-state index in [-0.39, 0.29) is 11.3 Å². The van der Waals surface area contributed by atoms with Crippen molar-refractivity contribution in [3.63, 3.8) is 0 Å². The first-order valence-corrected chi connectivity index (χ1v) is 7.13. The molecule has 0 saturated carbocycles. The second kappa shape index (κ2) is 7.25. The second-order valence-electron chi connectivity index (χ2n) is 6.71. The highest BCUT2D eigenvalue weighted by molar-refractivity contribution is 5.95. The van der Waals surface area contributed by atoms with Gasteiger partial charge in [0.2, 0.25) is 0 Å². The molecule has 1 rings (SSSR count). The van der Waals surface area contributed by atoms with Crippen LogP contribution in [0.25, 0.3) is 0 Å². The molecule has 0 aliphatic carbocycles.